The summed E-state index contributed by atoms with van der Waals surface area (Å²) in [5.41, 5.74) is 6.42. The Bertz CT molecular complexity index is 905. The van der Waals surface area contributed by atoms with Gasteiger partial charge in [-0.1, -0.05) is 0 Å². The second-order valence-corrected chi connectivity index (χ2v) is 14.9. The molecule has 5 heteroatoms. The summed E-state index contributed by atoms with van der Waals surface area (Å²) in [5, 5.41) is 0. The Morgan fingerprint density at radius 1 is 0.636 bits per heavy atom. The van der Waals surface area contributed by atoms with E-state index in [0.29, 0.717) is 25.7 Å². The average Bonchev–Trinajstić information content (AvgIpc) is 2.95. The summed E-state index contributed by atoms with van der Waals surface area (Å²) in [7, 11) is 0. The summed E-state index contributed by atoms with van der Waals surface area (Å²) in [4.78, 5) is 26.5. The molecule has 0 N–H and O–H groups in total. The maximum atomic E-state index is 13.2. The molecule has 0 unspecified atom stereocenters. The van der Waals surface area contributed by atoms with Gasteiger partial charge in [-0.15, -0.1) is 0 Å². The number of hydrogen-bond acceptors (Lipinski definition) is 4. The van der Waals surface area contributed by atoms with Crippen LogP contribution in [-0.4, -0.2) is 11.9 Å². The SMILES string of the molecule is CCCC(=O)[O][Ti]([O]C(=O)CCC)([C]1=C(C)C(C)=C(C)C1(C)C)[C]1=C(C)C(C)=C(C)C1(C)C. The summed E-state index contributed by atoms with van der Waals surface area (Å²) < 4.78 is 15.3. The minimum absolute atomic E-state index is 0.265. The van der Waals surface area contributed by atoms with Gasteiger partial charge in [-0.25, -0.2) is 0 Å². The molecule has 2 aliphatic carbocycles. The molecule has 0 aromatic rings. The van der Waals surface area contributed by atoms with Crippen molar-refractivity contribution in [1.82, 2.24) is 0 Å². The topological polar surface area (TPSA) is 52.6 Å². The van der Waals surface area contributed by atoms with Crippen LogP contribution in [-0.2, 0) is 33.6 Å². The van der Waals surface area contributed by atoms with E-state index in [2.05, 4.69) is 69.2 Å². The van der Waals surface area contributed by atoms with E-state index in [9.17, 15) is 9.59 Å². The molecule has 0 bridgehead atoms. The molecule has 0 aliphatic heterocycles. The Morgan fingerprint density at radius 2 is 0.939 bits per heavy atom. The molecule has 0 spiro atoms. The van der Waals surface area contributed by atoms with E-state index < -0.39 is 17.4 Å². The Hall–Kier alpha value is -1.39. The normalized spacial score (nSPS) is 20.2. The van der Waals surface area contributed by atoms with Crippen molar-refractivity contribution >= 4 is 11.9 Å². The zero-order chi connectivity index (χ0) is 25.5. The third-order valence-electron chi connectivity index (χ3n) is 8.21. The van der Waals surface area contributed by atoms with Crippen molar-refractivity contribution in [2.75, 3.05) is 0 Å². The van der Waals surface area contributed by atoms with Crippen LogP contribution in [0.3, 0.4) is 0 Å². The minimum atomic E-state index is -4.46. The first-order valence-electron chi connectivity index (χ1n) is 12.3. The van der Waals surface area contributed by atoms with Crippen LogP contribution < -0.4 is 0 Å². The molecular weight excluding hydrogens is 448 g/mol. The van der Waals surface area contributed by atoms with E-state index >= 15 is 0 Å². The van der Waals surface area contributed by atoms with E-state index in [1.54, 1.807) is 0 Å². The predicted molar refractivity (Wildman–Crippen MR) is 132 cm³/mol. The van der Waals surface area contributed by atoms with Gasteiger partial charge in [-0.2, -0.15) is 0 Å². The van der Waals surface area contributed by atoms with Crippen LogP contribution in [0.15, 0.2) is 41.2 Å². The summed E-state index contributed by atoms with van der Waals surface area (Å²) >= 11 is -4.46. The summed E-state index contributed by atoms with van der Waals surface area (Å²) in [6.45, 7) is 25.4. The zero-order valence-corrected chi connectivity index (χ0v) is 24.5. The van der Waals surface area contributed by atoms with Crippen LogP contribution in [0.2, 0.25) is 0 Å². The Labute approximate surface area is 205 Å². The predicted octanol–water partition coefficient (Wildman–Crippen LogP) is 7.96. The van der Waals surface area contributed by atoms with Gasteiger partial charge in [0.15, 0.2) is 0 Å². The van der Waals surface area contributed by atoms with Crippen LogP contribution in [0.1, 0.15) is 109 Å². The monoisotopic (exact) mass is 492 g/mol. The Kier molecular flexibility index (Phi) is 8.19. The van der Waals surface area contributed by atoms with Gasteiger partial charge in [0.1, 0.15) is 0 Å². The van der Waals surface area contributed by atoms with Gasteiger partial charge in [0.05, 0.1) is 0 Å². The van der Waals surface area contributed by atoms with Crippen LogP contribution >= 0.6 is 0 Å². The van der Waals surface area contributed by atoms with Gasteiger partial charge in [-0.3, -0.25) is 0 Å². The van der Waals surface area contributed by atoms with Gasteiger partial charge in [0.2, 0.25) is 0 Å². The quantitative estimate of drug-likeness (QED) is 0.323. The number of carbonyl (C=O) groups excluding carboxylic acids is 2. The van der Waals surface area contributed by atoms with Crippen molar-refractivity contribution < 1.29 is 33.6 Å². The van der Waals surface area contributed by atoms with Crippen LogP contribution in [0.25, 0.3) is 0 Å². The molecule has 0 fully saturated rings. The van der Waals surface area contributed by atoms with Crippen LogP contribution in [0.5, 0.6) is 0 Å². The van der Waals surface area contributed by atoms with Crippen molar-refractivity contribution in [2.45, 2.75) is 109 Å². The van der Waals surface area contributed by atoms with Crippen LogP contribution in [0.4, 0.5) is 0 Å². The second-order valence-electron chi connectivity index (χ2n) is 10.8. The van der Waals surface area contributed by atoms with Crippen molar-refractivity contribution in [3.8, 4) is 0 Å². The molecule has 0 amide bonds. The number of carbonyl (C=O) groups is 2. The summed E-state index contributed by atoms with van der Waals surface area (Å²) in [6.07, 6.45) is 2.01. The Morgan fingerprint density at radius 3 is 1.15 bits per heavy atom. The molecule has 2 aliphatic rings. The Balaban J connectivity index is 2.99. The van der Waals surface area contributed by atoms with E-state index in [4.69, 9.17) is 6.64 Å². The van der Waals surface area contributed by atoms with Gasteiger partial charge < -0.3 is 0 Å². The molecule has 0 radical (unpaired) electrons. The molecule has 0 aromatic carbocycles. The van der Waals surface area contributed by atoms with Gasteiger partial charge >= 0.3 is 206 Å². The average molecular weight is 493 g/mol. The third kappa shape index (κ3) is 4.50. The van der Waals surface area contributed by atoms with Crippen molar-refractivity contribution in [2.24, 2.45) is 10.8 Å². The molecule has 0 saturated carbocycles. The molecule has 184 valence electrons. The molecule has 33 heavy (non-hydrogen) atoms. The third-order valence-corrected chi connectivity index (χ3v) is 15.0. The van der Waals surface area contributed by atoms with Crippen molar-refractivity contribution in [1.29, 1.82) is 0 Å². The fraction of sp³-hybridized carbons (Fsp3) is 0.643. The molecule has 4 nitrogen and oxygen atoms in total. The number of hydrogen-bond donors (Lipinski definition) is 0. The number of allylic oxidation sites excluding steroid dienone is 8. The van der Waals surface area contributed by atoms with E-state index in [1.165, 1.54) is 22.3 Å². The summed E-state index contributed by atoms with van der Waals surface area (Å²) in [6, 6.07) is 0. The van der Waals surface area contributed by atoms with Gasteiger partial charge in [0.25, 0.3) is 0 Å². The van der Waals surface area contributed by atoms with Crippen LogP contribution in [0, 0.1) is 10.8 Å². The summed E-state index contributed by atoms with van der Waals surface area (Å²) in [5.74, 6) is -0.531. The maximum absolute atomic E-state index is 13.2. The van der Waals surface area contributed by atoms with Gasteiger partial charge in [0, 0.05) is 0 Å². The first-order chi connectivity index (χ1) is 15.1. The van der Waals surface area contributed by atoms with Gasteiger partial charge in [-0.05, 0) is 0 Å². The van der Waals surface area contributed by atoms with Crippen molar-refractivity contribution in [3.63, 3.8) is 0 Å². The molecule has 0 heterocycles. The molecule has 2 rings (SSSR count). The molecule has 0 atom stereocenters. The fourth-order valence-electron chi connectivity index (χ4n) is 5.68. The number of rotatable bonds is 8. The molecular formula is C28H44O4Ti. The molecule has 0 saturated heterocycles. The molecule has 0 aromatic heterocycles. The first-order valence-corrected chi connectivity index (χ1v) is 15.2. The standard InChI is InChI=1S/2C10H15.2C4H8O2.Ti/c2*1-7-6-10(4,5)9(3)8(7)2;2*1-2-3-4(5)6;/h2*1-5H3;2*2-3H2,1H3,(H,5,6);/q;;;;+2/p-2. The van der Waals surface area contributed by atoms with E-state index in [0.717, 1.165) is 18.9 Å². The first kappa shape index (κ1) is 27.9. The fourth-order valence-corrected chi connectivity index (χ4v) is 13.4. The zero-order valence-electron chi connectivity index (χ0n) is 23.0. The van der Waals surface area contributed by atoms with E-state index in [1.807, 2.05) is 13.8 Å². The second kappa shape index (κ2) is 9.70. The van der Waals surface area contributed by atoms with E-state index in [-0.39, 0.29) is 22.8 Å². The van der Waals surface area contributed by atoms with Crippen molar-refractivity contribution in [3.05, 3.63) is 41.2 Å².